The molecule has 228 valence electrons. The van der Waals surface area contributed by atoms with Gasteiger partial charge in [-0.2, -0.15) is 5.26 Å². The van der Waals surface area contributed by atoms with Gasteiger partial charge in [0.2, 0.25) is 5.91 Å². The number of hydrogen-bond donors (Lipinski definition) is 1. The average Bonchev–Trinajstić information content (AvgIpc) is 3.04. The molecule has 0 radical (unpaired) electrons. The fraction of sp³-hybridized carbons (Fsp3) is 0.189. The highest BCUT2D eigenvalue weighted by Crippen LogP contribution is 2.25. The lowest BCUT2D eigenvalue weighted by Crippen LogP contribution is -2.30. The Morgan fingerprint density at radius 3 is 2.38 bits per heavy atom. The third-order valence-electron chi connectivity index (χ3n) is 7.62. The third-order valence-corrected chi connectivity index (χ3v) is 8.99. The van der Waals surface area contributed by atoms with Crippen molar-refractivity contribution in [1.82, 2.24) is 4.72 Å². The number of carbonyl (C=O) groups excluding carboxylic acids is 1. The molecule has 1 amide bonds. The van der Waals surface area contributed by atoms with Crippen molar-refractivity contribution < 1.29 is 22.7 Å². The van der Waals surface area contributed by atoms with Crippen LogP contribution in [0.15, 0.2) is 108 Å². The monoisotopic (exact) mass is 618 g/mol. The molecule has 0 aromatic heterocycles. The predicted molar refractivity (Wildman–Crippen MR) is 175 cm³/mol. The van der Waals surface area contributed by atoms with Crippen LogP contribution in [-0.4, -0.2) is 20.9 Å². The summed E-state index contributed by atoms with van der Waals surface area (Å²) in [5.74, 6) is 0.589. The van der Waals surface area contributed by atoms with E-state index in [-0.39, 0.29) is 24.3 Å². The molecule has 0 spiro atoms. The van der Waals surface area contributed by atoms with Crippen LogP contribution in [0.25, 0.3) is 10.8 Å². The van der Waals surface area contributed by atoms with Crippen molar-refractivity contribution in [1.29, 1.82) is 5.26 Å². The Morgan fingerprint density at radius 2 is 1.58 bits per heavy atom. The molecule has 0 fully saturated rings. The number of aryl methyl sites for hydroxylation is 3. The molecule has 0 saturated carbocycles. The first-order chi connectivity index (χ1) is 21.7. The molecule has 5 aromatic rings. The normalized spacial score (nSPS) is 11.1. The summed E-state index contributed by atoms with van der Waals surface area (Å²) in [7, 11) is -3.99. The Labute approximate surface area is 264 Å². The number of fused-ring (bicyclic) bond motifs is 1. The fourth-order valence-electron chi connectivity index (χ4n) is 4.91. The maximum absolute atomic E-state index is 12.8. The highest BCUT2D eigenvalue weighted by Gasteiger charge is 2.19. The number of nitrogens with zero attached hydrogens (tertiary/aromatic N) is 1. The summed E-state index contributed by atoms with van der Waals surface area (Å²) in [5, 5.41) is 11.5. The minimum Gasteiger partial charge on any atom is -0.493 e. The number of benzene rings is 5. The molecule has 0 saturated heterocycles. The predicted octanol–water partition coefficient (Wildman–Crippen LogP) is 6.97. The molecule has 0 unspecified atom stereocenters. The Balaban J connectivity index is 1.28. The first-order valence-corrected chi connectivity index (χ1v) is 16.2. The van der Waals surface area contributed by atoms with Crippen LogP contribution < -0.4 is 14.2 Å². The van der Waals surface area contributed by atoms with Gasteiger partial charge in [-0.05, 0) is 95.3 Å². The minimum atomic E-state index is -3.99. The summed E-state index contributed by atoms with van der Waals surface area (Å²) in [6.07, 6.45) is 0.924. The van der Waals surface area contributed by atoms with E-state index in [1.165, 1.54) is 11.5 Å². The Hall–Kier alpha value is -5.13. The average molecular weight is 619 g/mol. The molecule has 5 aromatic carbocycles. The van der Waals surface area contributed by atoms with E-state index >= 15 is 0 Å². The molecule has 0 heterocycles. The van der Waals surface area contributed by atoms with E-state index in [4.69, 9.17) is 9.47 Å². The minimum absolute atomic E-state index is 0.0398. The lowest BCUT2D eigenvalue weighted by Gasteiger charge is -2.15. The topological polar surface area (TPSA) is 105 Å². The van der Waals surface area contributed by atoms with Gasteiger partial charge in [0, 0.05) is 12.8 Å². The van der Waals surface area contributed by atoms with Crippen LogP contribution in [0.1, 0.15) is 39.8 Å². The summed E-state index contributed by atoms with van der Waals surface area (Å²) in [4.78, 5) is 12.8. The first kappa shape index (κ1) is 31.3. The van der Waals surface area contributed by atoms with Gasteiger partial charge in [-0.15, -0.1) is 0 Å². The number of carbonyl (C=O) groups is 1. The highest BCUT2D eigenvalue weighted by molar-refractivity contribution is 7.90. The van der Waals surface area contributed by atoms with E-state index in [0.29, 0.717) is 30.1 Å². The van der Waals surface area contributed by atoms with Gasteiger partial charge in [-0.3, -0.25) is 4.79 Å². The highest BCUT2D eigenvalue weighted by atomic mass is 32.2. The number of rotatable bonds is 12. The summed E-state index contributed by atoms with van der Waals surface area (Å²) in [5.41, 5.74) is 5.09. The smallest absolute Gasteiger partial charge is 0.264 e. The van der Waals surface area contributed by atoms with Gasteiger partial charge in [0.05, 0.1) is 23.1 Å². The molecule has 7 nitrogen and oxygen atoms in total. The second-order valence-corrected chi connectivity index (χ2v) is 12.6. The second kappa shape index (κ2) is 14.1. The molecule has 8 heteroatoms. The molecule has 45 heavy (non-hydrogen) atoms. The van der Waals surface area contributed by atoms with Gasteiger partial charge in [0.1, 0.15) is 18.1 Å². The van der Waals surface area contributed by atoms with E-state index < -0.39 is 15.9 Å². The SMILES string of the molecule is Cc1ccc(S(=O)(=O)NC(=O)CCc2ccc(COc3cccc(C#N)c3)cc2OCCc2ccc3ccccc3c2)cc1C. The fourth-order valence-corrected chi connectivity index (χ4v) is 6.01. The van der Waals surface area contributed by atoms with E-state index in [2.05, 4.69) is 41.1 Å². The number of sulfonamides is 1. The molecule has 5 rings (SSSR count). The molecule has 0 aliphatic rings. The largest absolute Gasteiger partial charge is 0.493 e. The van der Waals surface area contributed by atoms with E-state index in [1.54, 1.807) is 36.4 Å². The molecule has 1 N–H and O–H groups in total. The summed E-state index contributed by atoms with van der Waals surface area (Å²) < 4.78 is 40.0. The zero-order valence-electron chi connectivity index (χ0n) is 25.2. The number of hydrogen-bond acceptors (Lipinski definition) is 6. The number of ether oxygens (including phenoxy) is 2. The van der Waals surface area contributed by atoms with Gasteiger partial charge >= 0.3 is 0 Å². The summed E-state index contributed by atoms with van der Waals surface area (Å²) in [6.45, 7) is 4.39. The molecule has 0 aliphatic heterocycles. The van der Waals surface area contributed by atoms with Crippen LogP contribution in [0, 0.1) is 25.2 Å². The van der Waals surface area contributed by atoms with Gasteiger partial charge < -0.3 is 9.47 Å². The van der Waals surface area contributed by atoms with Crippen molar-refractivity contribution in [3.63, 3.8) is 0 Å². The zero-order valence-corrected chi connectivity index (χ0v) is 26.1. The second-order valence-electron chi connectivity index (χ2n) is 10.9. The maximum atomic E-state index is 12.8. The van der Waals surface area contributed by atoms with Crippen molar-refractivity contribution in [3.05, 3.63) is 137 Å². The van der Waals surface area contributed by atoms with Crippen LogP contribution in [0.4, 0.5) is 0 Å². The van der Waals surface area contributed by atoms with Crippen molar-refractivity contribution in [3.8, 4) is 17.6 Å². The van der Waals surface area contributed by atoms with Crippen LogP contribution >= 0.6 is 0 Å². The van der Waals surface area contributed by atoms with Gasteiger partial charge in [0.25, 0.3) is 10.0 Å². The van der Waals surface area contributed by atoms with E-state index in [9.17, 15) is 18.5 Å². The lowest BCUT2D eigenvalue weighted by atomic mass is 10.0. The molecule has 0 atom stereocenters. The van der Waals surface area contributed by atoms with Crippen LogP contribution in [0.3, 0.4) is 0 Å². The Morgan fingerprint density at radius 1 is 0.778 bits per heavy atom. The molecular weight excluding hydrogens is 584 g/mol. The van der Waals surface area contributed by atoms with Crippen molar-refractivity contribution in [2.75, 3.05) is 6.61 Å². The van der Waals surface area contributed by atoms with Gasteiger partial charge in [-0.25, -0.2) is 13.1 Å². The molecular formula is C37H34N2O5S. The van der Waals surface area contributed by atoms with Crippen LogP contribution in [-0.2, 0) is 34.3 Å². The molecule has 0 aliphatic carbocycles. The summed E-state index contributed by atoms with van der Waals surface area (Å²) >= 11 is 0. The standard InChI is InChI=1S/C37H34N2O5S/c1-26-10-16-35(20-27(26)2)45(41,42)39-37(40)17-15-32-14-12-30(25-44-34-9-5-6-29(22-34)24-38)23-36(32)43-19-18-28-11-13-31-7-3-4-8-33(31)21-28/h3-14,16,20-23H,15,17-19,25H2,1-2H3,(H,39,40). The van der Waals surface area contributed by atoms with E-state index in [0.717, 1.165) is 33.2 Å². The van der Waals surface area contributed by atoms with Crippen molar-refractivity contribution in [2.24, 2.45) is 0 Å². The number of nitrogens with one attached hydrogen (secondary N) is 1. The zero-order chi connectivity index (χ0) is 31.8. The number of amides is 1. The van der Waals surface area contributed by atoms with Gasteiger partial charge in [0.15, 0.2) is 0 Å². The summed E-state index contributed by atoms with van der Waals surface area (Å²) in [6, 6.07) is 34.0. The lowest BCUT2D eigenvalue weighted by molar-refractivity contribution is -0.119. The first-order valence-electron chi connectivity index (χ1n) is 14.7. The quantitative estimate of drug-likeness (QED) is 0.162. The Bertz CT molecular complexity index is 2000. The van der Waals surface area contributed by atoms with Gasteiger partial charge in [-0.1, -0.05) is 66.7 Å². The van der Waals surface area contributed by atoms with Crippen molar-refractivity contribution >= 4 is 26.7 Å². The van der Waals surface area contributed by atoms with Crippen LogP contribution in [0.5, 0.6) is 11.5 Å². The maximum Gasteiger partial charge on any atom is 0.264 e. The van der Waals surface area contributed by atoms with E-state index in [1.807, 2.05) is 44.2 Å². The number of nitriles is 1. The Kier molecular flexibility index (Phi) is 9.81. The molecule has 0 bridgehead atoms. The third kappa shape index (κ3) is 8.28. The van der Waals surface area contributed by atoms with Crippen LogP contribution in [0.2, 0.25) is 0 Å². The van der Waals surface area contributed by atoms with Crippen molar-refractivity contribution in [2.45, 2.75) is 44.6 Å².